The van der Waals surface area contributed by atoms with Crippen molar-refractivity contribution in [1.29, 1.82) is 0 Å². The van der Waals surface area contributed by atoms with Crippen molar-refractivity contribution in [3.63, 3.8) is 0 Å². The Hall–Kier alpha value is -1.44. The van der Waals surface area contributed by atoms with Gasteiger partial charge in [0.15, 0.2) is 0 Å². The van der Waals surface area contributed by atoms with Crippen LogP contribution in [0.4, 0.5) is 0 Å². The Kier molecular flexibility index (Phi) is 5.93. The molecule has 6 nitrogen and oxygen atoms in total. The van der Waals surface area contributed by atoms with E-state index in [4.69, 9.17) is 4.74 Å². The van der Waals surface area contributed by atoms with E-state index >= 15 is 0 Å². The van der Waals surface area contributed by atoms with Crippen LogP contribution in [0, 0.1) is 0 Å². The molecule has 1 atom stereocenters. The molecule has 1 saturated heterocycles. The summed E-state index contributed by atoms with van der Waals surface area (Å²) in [5.41, 5.74) is 0.731. The highest BCUT2D eigenvalue weighted by Gasteiger charge is 2.19. The maximum atomic E-state index is 12.2. The molecule has 1 aliphatic heterocycles. The molecule has 0 unspecified atom stereocenters. The molecule has 1 fully saturated rings. The van der Waals surface area contributed by atoms with E-state index in [1.54, 1.807) is 12.1 Å². The summed E-state index contributed by atoms with van der Waals surface area (Å²) in [4.78, 5) is 26.0. The van der Waals surface area contributed by atoms with Gasteiger partial charge in [0.2, 0.25) is 0 Å². The number of amides is 1. The first-order valence-electron chi connectivity index (χ1n) is 6.97. The molecule has 1 heterocycles. The second kappa shape index (κ2) is 7.71. The van der Waals surface area contributed by atoms with Crippen LogP contribution in [0.2, 0.25) is 0 Å². The fourth-order valence-corrected chi connectivity index (χ4v) is 2.75. The Morgan fingerprint density at radius 1 is 1.41 bits per heavy atom. The number of nitrogens with one attached hydrogen (secondary N) is 1. The Bertz CT molecular complexity index is 564. The average molecular weight is 371 g/mol. The Morgan fingerprint density at radius 2 is 2.14 bits per heavy atom. The fourth-order valence-electron chi connectivity index (χ4n) is 2.26. The van der Waals surface area contributed by atoms with Gasteiger partial charge in [-0.3, -0.25) is 4.79 Å². The molecule has 1 amide bonds. The summed E-state index contributed by atoms with van der Waals surface area (Å²) >= 11 is 3.30. The third-order valence-corrected chi connectivity index (χ3v) is 3.87. The van der Waals surface area contributed by atoms with E-state index in [1.807, 2.05) is 7.05 Å². The number of rotatable bonds is 4. The van der Waals surface area contributed by atoms with Crippen LogP contribution in [0.25, 0.3) is 0 Å². The number of hydrogen-bond donors (Lipinski definition) is 1. The quantitative estimate of drug-likeness (QED) is 0.809. The minimum Gasteiger partial charge on any atom is -0.465 e. The van der Waals surface area contributed by atoms with E-state index in [2.05, 4.69) is 30.9 Å². The van der Waals surface area contributed by atoms with Gasteiger partial charge in [-0.05, 0) is 25.2 Å². The summed E-state index contributed by atoms with van der Waals surface area (Å²) in [6.07, 6.45) is -0.0186. The third kappa shape index (κ3) is 4.53. The van der Waals surface area contributed by atoms with Gasteiger partial charge in [0, 0.05) is 29.7 Å². The van der Waals surface area contributed by atoms with Crippen LogP contribution in [0.15, 0.2) is 22.7 Å². The smallest absolute Gasteiger partial charge is 0.337 e. The number of nitrogens with zero attached hydrogens (tertiary/aromatic N) is 1. The molecule has 1 aromatic carbocycles. The second-order valence-corrected chi connectivity index (χ2v) is 6.10. The molecule has 0 aliphatic carbocycles. The van der Waals surface area contributed by atoms with E-state index in [9.17, 15) is 9.59 Å². The maximum absolute atomic E-state index is 12.2. The van der Waals surface area contributed by atoms with Crippen LogP contribution in [-0.2, 0) is 9.47 Å². The van der Waals surface area contributed by atoms with Crippen molar-refractivity contribution >= 4 is 27.8 Å². The molecule has 0 bridgehead atoms. The van der Waals surface area contributed by atoms with Crippen molar-refractivity contribution in [2.75, 3.05) is 40.4 Å². The van der Waals surface area contributed by atoms with Gasteiger partial charge in [-0.25, -0.2) is 4.79 Å². The van der Waals surface area contributed by atoms with Crippen molar-refractivity contribution in [3.05, 3.63) is 33.8 Å². The van der Waals surface area contributed by atoms with E-state index in [0.717, 1.165) is 13.1 Å². The van der Waals surface area contributed by atoms with Crippen molar-refractivity contribution in [2.45, 2.75) is 6.10 Å². The van der Waals surface area contributed by atoms with Crippen molar-refractivity contribution in [2.24, 2.45) is 0 Å². The Balaban J connectivity index is 2.00. The van der Waals surface area contributed by atoms with Gasteiger partial charge in [0.25, 0.3) is 5.91 Å². The van der Waals surface area contributed by atoms with Crippen molar-refractivity contribution in [1.82, 2.24) is 10.2 Å². The molecule has 1 aromatic rings. The van der Waals surface area contributed by atoms with E-state index in [0.29, 0.717) is 28.8 Å². The Morgan fingerprint density at radius 3 is 2.82 bits per heavy atom. The molecule has 0 radical (unpaired) electrons. The highest BCUT2D eigenvalue weighted by molar-refractivity contribution is 9.10. The number of benzene rings is 1. The number of methoxy groups -OCH3 is 1. The number of morpholine rings is 1. The highest BCUT2D eigenvalue weighted by atomic mass is 79.9. The lowest BCUT2D eigenvalue weighted by atomic mass is 10.1. The van der Waals surface area contributed by atoms with E-state index in [1.165, 1.54) is 13.2 Å². The number of likely N-dealkylation sites (N-methyl/N-ethyl adjacent to an activating group) is 1. The first-order chi connectivity index (χ1) is 10.5. The van der Waals surface area contributed by atoms with Crippen LogP contribution >= 0.6 is 15.9 Å². The summed E-state index contributed by atoms with van der Waals surface area (Å²) in [5, 5.41) is 2.84. The van der Waals surface area contributed by atoms with Crippen LogP contribution in [-0.4, -0.2) is 63.3 Å². The molecule has 120 valence electrons. The Labute approximate surface area is 137 Å². The number of halogens is 1. The highest BCUT2D eigenvalue weighted by Crippen LogP contribution is 2.17. The minimum atomic E-state index is -0.479. The third-order valence-electron chi connectivity index (χ3n) is 3.41. The topological polar surface area (TPSA) is 67.9 Å². The summed E-state index contributed by atoms with van der Waals surface area (Å²) in [5.74, 6) is -0.726. The standard InChI is InChI=1S/C15H19BrN2O4/c1-18-3-4-22-13(9-18)8-17-14(19)10-5-11(15(20)21-2)7-12(16)6-10/h5-7,13H,3-4,8-9H2,1-2H3,(H,17,19)/t13-/m0/s1. The van der Waals surface area contributed by atoms with Crippen molar-refractivity contribution in [3.8, 4) is 0 Å². The molecule has 2 rings (SSSR count). The molecule has 0 aromatic heterocycles. The first-order valence-corrected chi connectivity index (χ1v) is 7.76. The predicted octanol–water partition coefficient (Wildman–Crippen LogP) is 1.30. The summed E-state index contributed by atoms with van der Waals surface area (Å²) in [6, 6.07) is 4.79. The molecule has 1 N–H and O–H groups in total. The molecule has 1 aliphatic rings. The lowest BCUT2D eigenvalue weighted by Crippen LogP contribution is -2.45. The van der Waals surface area contributed by atoms with E-state index in [-0.39, 0.29) is 12.0 Å². The normalized spacial score (nSPS) is 18.8. The molecule has 0 spiro atoms. The van der Waals surface area contributed by atoms with Crippen molar-refractivity contribution < 1.29 is 19.1 Å². The molecular formula is C15H19BrN2O4. The maximum Gasteiger partial charge on any atom is 0.337 e. The van der Waals surface area contributed by atoms with Gasteiger partial charge in [-0.2, -0.15) is 0 Å². The number of esters is 1. The molecule has 7 heteroatoms. The van der Waals surface area contributed by atoms with Gasteiger partial charge in [0.1, 0.15) is 0 Å². The monoisotopic (exact) mass is 370 g/mol. The van der Waals surface area contributed by atoms with Gasteiger partial charge in [0.05, 0.1) is 25.4 Å². The largest absolute Gasteiger partial charge is 0.465 e. The van der Waals surface area contributed by atoms with E-state index < -0.39 is 5.97 Å². The zero-order valence-corrected chi connectivity index (χ0v) is 14.2. The van der Waals surface area contributed by atoms with Gasteiger partial charge < -0.3 is 19.7 Å². The molecular weight excluding hydrogens is 352 g/mol. The fraction of sp³-hybridized carbons (Fsp3) is 0.467. The second-order valence-electron chi connectivity index (χ2n) is 5.19. The first kappa shape index (κ1) is 16.9. The van der Waals surface area contributed by atoms with Crippen LogP contribution < -0.4 is 5.32 Å². The van der Waals surface area contributed by atoms with Gasteiger partial charge in [-0.1, -0.05) is 15.9 Å². The number of carbonyl (C=O) groups excluding carboxylic acids is 2. The molecule has 22 heavy (non-hydrogen) atoms. The lowest BCUT2D eigenvalue weighted by Gasteiger charge is -2.30. The minimum absolute atomic E-state index is 0.0186. The number of hydrogen-bond acceptors (Lipinski definition) is 5. The lowest BCUT2D eigenvalue weighted by molar-refractivity contribution is -0.0175. The number of carbonyl (C=O) groups is 2. The summed E-state index contributed by atoms with van der Waals surface area (Å²) < 4.78 is 10.9. The van der Waals surface area contributed by atoms with Crippen LogP contribution in [0.3, 0.4) is 0 Å². The summed E-state index contributed by atoms with van der Waals surface area (Å²) in [7, 11) is 3.33. The van der Waals surface area contributed by atoms with Crippen LogP contribution in [0.5, 0.6) is 0 Å². The van der Waals surface area contributed by atoms with Crippen LogP contribution in [0.1, 0.15) is 20.7 Å². The average Bonchev–Trinajstić information content (AvgIpc) is 2.51. The molecule has 0 saturated carbocycles. The zero-order valence-electron chi connectivity index (χ0n) is 12.6. The van der Waals surface area contributed by atoms with Gasteiger partial charge in [-0.15, -0.1) is 0 Å². The SMILES string of the molecule is COC(=O)c1cc(Br)cc(C(=O)NC[C@H]2CN(C)CCO2)c1. The predicted molar refractivity (Wildman–Crippen MR) is 85.1 cm³/mol. The number of ether oxygens (including phenoxy) is 2. The zero-order chi connectivity index (χ0) is 16.1. The summed E-state index contributed by atoms with van der Waals surface area (Å²) in [6.45, 7) is 2.79. The van der Waals surface area contributed by atoms with Gasteiger partial charge >= 0.3 is 5.97 Å².